The van der Waals surface area contributed by atoms with Crippen molar-refractivity contribution in [2.45, 2.75) is 12.3 Å². The predicted molar refractivity (Wildman–Crippen MR) is 85.0 cm³/mol. The lowest BCUT2D eigenvalue weighted by Crippen LogP contribution is -2.25. The monoisotopic (exact) mass is 343 g/mol. The third kappa shape index (κ3) is 2.77. The minimum absolute atomic E-state index is 0.116. The number of aromatic nitrogens is 2. The maximum absolute atomic E-state index is 13.5. The maximum atomic E-state index is 13.5. The SMILES string of the molecule is O=C1C[C@@H](c2cccc(F)c2)c2ncn(-c3cc(F)cc(F)c3)c2N1. The van der Waals surface area contributed by atoms with Crippen LogP contribution in [0.1, 0.15) is 23.6 Å². The van der Waals surface area contributed by atoms with Gasteiger partial charge in [-0.2, -0.15) is 0 Å². The highest BCUT2D eigenvalue weighted by atomic mass is 19.1. The van der Waals surface area contributed by atoms with Crippen LogP contribution in [-0.4, -0.2) is 15.5 Å². The molecule has 1 aliphatic rings. The number of anilines is 1. The predicted octanol–water partition coefficient (Wildman–Crippen LogP) is 3.76. The quantitative estimate of drug-likeness (QED) is 0.770. The summed E-state index contributed by atoms with van der Waals surface area (Å²) in [5.41, 5.74) is 1.34. The lowest BCUT2D eigenvalue weighted by Gasteiger charge is -2.23. The van der Waals surface area contributed by atoms with Crippen LogP contribution in [0.3, 0.4) is 0 Å². The van der Waals surface area contributed by atoms with Crippen molar-refractivity contribution in [1.29, 1.82) is 0 Å². The second kappa shape index (κ2) is 5.77. The van der Waals surface area contributed by atoms with Gasteiger partial charge < -0.3 is 5.32 Å². The van der Waals surface area contributed by atoms with Crippen molar-refractivity contribution in [1.82, 2.24) is 9.55 Å². The van der Waals surface area contributed by atoms with E-state index in [-0.39, 0.29) is 18.0 Å². The zero-order valence-electron chi connectivity index (χ0n) is 12.8. The van der Waals surface area contributed by atoms with E-state index in [0.717, 1.165) is 18.2 Å². The molecule has 0 bridgehead atoms. The number of hydrogen-bond acceptors (Lipinski definition) is 2. The number of nitrogens with one attached hydrogen (secondary N) is 1. The minimum Gasteiger partial charge on any atom is -0.310 e. The van der Waals surface area contributed by atoms with Crippen LogP contribution < -0.4 is 5.32 Å². The number of imidazole rings is 1. The molecule has 0 unspecified atom stereocenters. The largest absolute Gasteiger partial charge is 0.310 e. The first-order chi connectivity index (χ1) is 12.0. The Hall–Kier alpha value is -3.09. The summed E-state index contributed by atoms with van der Waals surface area (Å²) in [5.74, 6) is -2.26. The zero-order chi connectivity index (χ0) is 17.6. The average Bonchev–Trinajstić information content (AvgIpc) is 2.96. The summed E-state index contributed by atoms with van der Waals surface area (Å²) < 4.78 is 42.0. The first kappa shape index (κ1) is 15.4. The van der Waals surface area contributed by atoms with Crippen LogP contribution >= 0.6 is 0 Å². The molecule has 1 atom stereocenters. The standard InChI is InChI=1S/C18H12F3N3O/c19-11-3-1-2-10(4-11)15-8-16(25)23-18-17(15)22-9-24(18)14-6-12(20)5-13(21)7-14/h1-7,9,15H,8H2,(H,23,25)/t15-/m0/s1. The molecule has 0 aliphatic carbocycles. The number of amides is 1. The van der Waals surface area contributed by atoms with Crippen molar-refractivity contribution in [3.05, 3.63) is 77.5 Å². The van der Waals surface area contributed by atoms with Gasteiger partial charge in [0.15, 0.2) is 0 Å². The topological polar surface area (TPSA) is 46.9 Å². The normalized spacial score (nSPS) is 16.4. The van der Waals surface area contributed by atoms with Gasteiger partial charge in [-0.05, 0) is 29.8 Å². The highest BCUT2D eigenvalue weighted by Crippen LogP contribution is 2.37. The Morgan fingerprint density at radius 2 is 1.80 bits per heavy atom. The second-order valence-corrected chi connectivity index (χ2v) is 5.84. The Balaban J connectivity index is 1.84. The fourth-order valence-corrected chi connectivity index (χ4v) is 3.08. The molecule has 25 heavy (non-hydrogen) atoms. The van der Waals surface area contributed by atoms with Crippen LogP contribution in [-0.2, 0) is 4.79 Å². The van der Waals surface area contributed by atoms with Crippen LogP contribution in [0, 0.1) is 17.5 Å². The Bertz CT molecular complexity index is 963. The molecule has 0 saturated carbocycles. The molecular weight excluding hydrogens is 331 g/mol. The third-order valence-electron chi connectivity index (χ3n) is 4.15. The molecule has 4 rings (SSSR count). The first-order valence-electron chi connectivity index (χ1n) is 7.60. The van der Waals surface area contributed by atoms with E-state index in [9.17, 15) is 18.0 Å². The summed E-state index contributed by atoms with van der Waals surface area (Å²) in [4.78, 5) is 16.4. The molecule has 0 fully saturated rings. The molecule has 1 N–H and O–H groups in total. The van der Waals surface area contributed by atoms with E-state index >= 15 is 0 Å². The summed E-state index contributed by atoms with van der Waals surface area (Å²) in [5, 5.41) is 2.68. The van der Waals surface area contributed by atoms with E-state index in [4.69, 9.17) is 0 Å². The van der Waals surface area contributed by atoms with Gasteiger partial charge in [0.25, 0.3) is 0 Å². The molecular formula is C18H12F3N3O. The fraction of sp³-hybridized carbons (Fsp3) is 0.111. The van der Waals surface area contributed by atoms with Crippen molar-refractivity contribution in [2.75, 3.05) is 5.32 Å². The van der Waals surface area contributed by atoms with Crippen LogP contribution in [0.25, 0.3) is 5.69 Å². The van der Waals surface area contributed by atoms with Gasteiger partial charge in [0, 0.05) is 18.4 Å². The Kier molecular flexibility index (Phi) is 3.56. The number of halogens is 3. The van der Waals surface area contributed by atoms with E-state index in [2.05, 4.69) is 10.3 Å². The van der Waals surface area contributed by atoms with Gasteiger partial charge >= 0.3 is 0 Å². The lowest BCUT2D eigenvalue weighted by atomic mass is 9.90. The molecule has 1 aromatic heterocycles. The molecule has 3 aromatic rings. The second-order valence-electron chi connectivity index (χ2n) is 5.84. The smallest absolute Gasteiger partial charge is 0.226 e. The van der Waals surface area contributed by atoms with E-state index < -0.39 is 23.4 Å². The minimum atomic E-state index is -0.735. The summed E-state index contributed by atoms with van der Waals surface area (Å²) in [6.45, 7) is 0. The number of nitrogens with zero attached hydrogens (tertiary/aromatic N) is 2. The molecule has 1 aliphatic heterocycles. The number of benzene rings is 2. The summed E-state index contributed by atoms with van der Waals surface area (Å²) >= 11 is 0. The molecule has 126 valence electrons. The van der Waals surface area contributed by atoms with E-state index in [1.807, 2.05) is 0 Å². The molecule has 0 saturated heterocycles. The highest BCUT2D eigenvalue weighted by Gasteiger charge is 2.31. The van der Waals surface area contributed by atoms with Gasteiger partial charge in [0.1, 0.15) is 29.6 Å². The number of fused-ring (bicyclic) bond motifs is 1. The Labute approximate surface area is 140 Å². The Morgan fingerprint density at radius 3 is 2.52 bits per heavy atom. The fourth-order valence-electron chi connectivity index (χ4n) is 3.08. The van der Waals surface area contributed by atoms with E-state index in [0.29, 0.717) is 17.1 Å². The van der Waals surface area contributed by atoms with Gasteiger partial charge in [0.05, 0.1) is 11.4 Å². The van der Waals surface area contributed by atoms with Crippen molar-refractivity contribution in [3.8, 4) is 5.69 Å². The van der Waals surface area contributed by atoms with Gasteiger partial charge in [-0.3, -0.25) is 9.36 Å². The van der Waals surface area contributed by atoms with Gasteiger partial charge in [-0.15, -0.1) is 0 Å². The van der Waals surface area contributed by atoms with E-state index in [1.54, 1.807) is 12.1 Å². The van der Waals surface area contributed by atoms with Gasteiger partial charge in [-0.25, -0.2) is 18.2 Å². The van der Waals surface area contributed by atoms with Crippen LogP contribution in [0.4, 0.5) is 19.0 Å². The Morgan fingerprint density at radius 1 is 1.04 bits per heavy atom. The average molecular weight is 343 g/mol. The molecule has 0 radical (unpaired) electrons. The maximum Gasteiger partial charge on any atom is 0.226 e. The van der Waals surface area contributed by atoms with Crippen molar-refractivity contribution < 1.29 is 18.0 Å². The van der Waals surface area contributed by atoms with Crippen LogP contribution in [0.5, 0.6) is 0 Å². The number of rotatable bonds is 2. The molecule has 7 heteroatoms. The lowest BCUT2D eigenvalue weighted by molar-refractivity contribution is -0.116. The molecule has 1 amide bonds. The first-order valence-corrected chi connectivity index (χ1v) is 7.60. The van der Waals surface area contributed by atoms with Crippen molar-refractivity contribution >= 4 is 11.7 Å². The van der Waals surface area contributed by atoms with Crippen molar-refractivity contribution in [3.63, 3.8) is 0 Å². The number of carbonyl (C=O) groups is 1. The number of carbonyl (C=O) groups excluding carboxylic acids is 1. The molecule has 0 spiro atoms. The van der Waals surface area contributed by atoms with E-state index in [1.165, 1.54) is 23.0 Å². The van der Waals surface area contributed by atoms with Crippen molar-refractivity contribution in [2.24, 2.45) is 0 Å². The van der Waals surface area contributed by atoms with Crippen LogP contribution in [0.2, 0.25) is 0 Å². The molecule has 4 nitrogen and oxygen atoms in total. The third-order valence-corrected chi connectivity index (χ3v) is 4.15. The molecule has 2 heterocycles. The van der Waals surface area contributed by atoms with Gasteiger partial charge in [-0.1, -0.05) is 12.1 Å². The zero-order valence-corrected chi connectivity index (χ0v) is 12.8. The summed E-state index contributed by atoms with van der Waals surface area (Å²) in [6, 6.07) is 9.01. The highest BCUT2D eigenvalue weighted by molar-refractivity contribution is 5.94. The summed E-state index contributed by atoms with van der Waals surface area (Å²) in [6.07, 6.45) is 1.50. The van der Waals surface area contributed by atoms with Gasteiger partial charge in [0.2, 0.25) is 5.91 Å². The van der Waals surface area contributed by atoms with Crippen LogP contribution in [0.15, 0.2) is 48.8 Å². The number of hydrogen-bond donors (Lipinski definition) is 1. The molecule has 2 aromatic carbocycles. The summed E-state index contributed by atoms with van der Waals surface area (Å²) in [7, 11) is 0.